The molecular weight excluding hydrogens is 559 g/mol. The first-order chi connectivity index (χ1) is 20.7. The first-order valence-corrected chi connectivity index (χ1v) is 13.6. The maximum absolute atomic E-state index is 13.0. The SMILES string of the molecule is O=C(NCc1ccc(C(F)(F)F)cc1)c1ccc(NC(=O)c2cccc(CN3C(=O)OC[C@H]3Cc3ccccc3)c2)cc1. The number of alkyl halides is 3. The maximum Gasteiger partial charge on any atom is 0.416 e. The van der Waals surface area contributed by atoms with Gasteiger partial charge in [-0.05, 0) is 71.6 Å². The van der Waals surface area contributed by atoms with Gasteiger partial charge in [0.15, 0.2) is 0 Å². The molecule has 1 atom stereocenters. The number of amides is 3. The maximum atomic E-state index is 13.0. The number of rotatable bonds is 9. The largest absolute Gasteiger partial charge is 0.447 e. The molecule has 0 aliphatic carbocycles. The van der Waals surface area contributed by atoms with Crippen molar-refractivity contribution in [3.8, 4) is 0 Å². The van der Waals surface area contributed by atoms with Crippen LogP contribution in [0.15, 0.2) is 103 Å². The van der Waals surface area contributed by atoms with Crippen LogP contribution in [-0.2, 0) is 30.4 Å². The van der Waals surface area contributed by atoms with E-state index in [1.807, 2.05) is 36.4 Å². The summed E-state index contributed by atoms with van der Waals surface area (Å²) in [5, 5.41) is 5.47. The lowest BCUT2D eigenvalue weighted by molar-refractivity contribution is -0.137. The Morgan fingerprint density at radius 3 is 2.19 bits per heavy atom. The van der Waals surface area contributed by atoms with Crippen LogP contribution >= 0.6 is 0 Å². The molecule has 1 saturated heterocycles. The Morgan fingerprint density at radius 2 is 1.49 bits per heavy atom. The minimum absolute atomic E-state index is 0.0634. The van der Waals surface area contributed by atoms with E-state index >= 15 is 0 Å². The van der Waals surface area contributed by atoms with Gasteiger partial charge >= 0.3 is 12.3 Å². The van der Waals surface area contributed by atoms with Gasteiger partial charge in [0.2, 0.25) is 0 Å². The van der Waals surface area contributed by atoms with Crippen molar-refractivity contribution in [1.29, 1.82) is 0 Å². The summed E-state index contributed by atoms with van der Waals surface area (Å²) in [6.45, 7) is 0.665. The van der Waals surface area contributed by atoms with Gasteiger partial charge in [-0.15, -0.1) is 0 Å². The number of anilines is 1. The van der Waals surface area contributed by atoms with Crippen LogP contribution in [0, 0.1) is 0 Å². The van der Waals surface area contributed by atoms with Gasteiger partial charge in [0.25, 0.3) is 11.8 Å². The van der Waals surface area contributed by atoms with Crippen molar-refractivity contribution in [1.82, 2.24) is 10.2 Å². The van der Waals surface area contributed by atoms with E-state index in [9.17, 15) is 27.6 Å². The van der Waals surface area contributed by atoms with E-state index in [1.54, 1.807) is 47.4 Å². The van der Waals surface area contributed by atoms with Crippen LogP contribution in [-0.4, -0.2) is 35.5 Å². The summed E-state index contributed by atoms with van der Waals surface area (Å²) in [7, 11) is 0. The van der Waals surface area contributed by atoms with Crippen molar-refractivity contribution >= 4 is 23.6 Å². The molecule has 220 valence electrons. The summed E-state index contributed by atoms with van der Waals surface area (Å²) in [6, 6.07) is 27.6. The third-order valence-corrected chi connectivity index (χ3v) is 7.07. The van der Waals surface area contributed by atoms with E-state index < -0.39 is 17.6 Å². The standard InChI is InChI=1S/C33H28F3N3O4/c34-33(35,36)27-13-9-23(10-14-27)19-37-30(40)25-11-15-28(16-12-25)38-31(41)26-8-4-7-24(17-26)20-39-29(21-43-32(39)42)18-22-5-2-1-3-6-22/h1-17,29H,18-21H2,(H,37,40)(H,38,41)/t29-/m1/s1. The smallest absolute Gasteiger partial charge is 0.416 e. The van der Waals surface area contributed by atoms with Crippen molar-refractivity contribution in [3.05, 3.63) is 137 Å². The normalized spacial score (nSPS) is 14.7. The predicted octanol–water partition coefficient (Wildman–Crippen LogP) is 6.45. The molecule has 4 aromatic carbocycles. The lowest BCUT2D eigenvalue weighted by Gasteiger charge is -2.22. The van der Waals surface area contributed by atoms with Gasteiger partial charge in [-0.1, -0.05) is 54.6 Å². The van der Waals surface area contributed by atoms with Crippen molar-refractivity contribution in [2.45, 2.75) is 31.7 Å². The van der Waals surface area contributed by atoms with Gasteiger partial charge in [0, 0.05) is 29.9 Å². The van der Waals surface area contributed by atoms with Gasteiger partial charge in [-0.2, -0.15) is 13.2 Å². The molecule has 0 aromatic heterocycles. The molecule has 1 heterocycles. The summed E-state index contributed by atoms with van der Waals surface area (Å²) in [4.78, 5) is 39.6. The molecule has 7 nitrogen and oxygen atoms in total. The van der Waals surface area contributed by atoms with E-state index in [0.717, 1.165) is 23.3 Å². The number of carbonyl (C=O) groups excluding carboxylic acids is 3. The molecule has 1 fully saturated rings. The van der Waals surface area contributed by atoms with E-state index in [4.69, 9.17) is 4.74 Å². The van der Waals surface area contributed by atoms with Crippen LogP contribution in [0.4, 0.5) is 23.7 Å². The molecule has 3 amide bonds. The Bertz CT molecular complexity index is 1590. The second-order valence-electron chi connectivity index (χ2n) is 10.2. The Balaban J connectivity index is 1.16. The highest BCUT2D eigenvalue weighted by molar-refractivity contribution is 6.04. The van der Waals surface area contributed by atoms with Gasteiger partial charge < -0.3 is 15.4 Å². The first kappa shape index (κ1) is 29.4. The molecule has 5 rings (SSSR count). The summed E-state index contributed by atoms with van der Waals surface area (Å²) < 4.78 is 43.5. The van der Waals surface area contributed by atoms with Gasteiger partial charge in [0.1, 0.15) is 6.61 Å². The van der Waals surface area contributed by atoms with Crippen molar-refractivity contribution in [2.75, 3.05) is 11.9 Å². The third kappa shape index (κ3) is 7.59. The zero-order valence-corrected chi connectivity index (χ0v) is 22.9. The molecule has 43 heavy (non-hydrogen) atoms. The van der Waals surface area contributed by atoms with E-state index in [-0.39, 0.29) is 24.6 Å². The van der Waals surface area contributed by atoms with Gasteiger partial charge in [0.05, 0.1) is 11.6 Å². The van der Waals surface area contributed by atoms with Crippen LogP contribution in [0.25, 0.3) is 0 Å². The monoisotopic (exact) mass is 587 g/mol. The van der Waals surface area contributed by atoms with Crippen LogP contribution in [0.1, 0.15) is 43.0 Å². The number of cyclic esters (lactones) is 1. The molecule has 1 aliphatic rings. The van der Waals surface area contributed by atoms with Crippen molar-refractivity contribution < 1.29 is 32.3 Å². The Morgan fingerprint density at radius 1 is 0.791 bits per heavy atom. The van der Waals surface area contributed by atoms with E-state index in [2.05, 4.69) is 10.6 Å². The highest BCUT2D eigenvalue weighted by Gasteiger charge is 2.33. The Labute approximate surface area is 246 Å². The average Bonchev–Trinajstić information content (AvgIpc) is 3.34. The zero-order valence-electron chi connectivity index (χ0n) is 22.9. The second kappa shape index (κ2) is 12.8. The minimum atomic E-state index is -4.42. The first-order valence-electron chi connectivity index (χ1n) is 13.6. The fourth-order valence-electron chi connectivity index (χ4n) is 4.75. The summed E-state index contributed by atoms with van der Waals surface area (Å²) in [6.07, 6.45) is -4.15. The van der Waals surface area contributed by atoms with Gasteiger partial charge in [-0.25, -0.2) is 4.79 Å². The van der Waals surface area contributed by atoms with E-state index in [0.29, 0.717) is 42.0 Å². The highest BCUT2D eigenvalue weighted by Crippen LogP contribution is 2.29. The molecule has 0 radical (unpaired) electrons. The fourth-order valence-corrected chi connectivity index (χ4v) is 4.75. The number of nitrogens with one attached hydrogen (secondary N) is 2. The van der Waals surface area contributed by atoms with Crippen LogP contribution in [0.5, 0.6) is 0 Å². The van der Waals surface area contributed by atoms with Gasteiger partial charge in [-0.3, -0.25) is 14.5 Å². The number of hydrogen-bond acceptors (Lipinski definition) is 4. The number of halogens is 3. The fraction of sp³-hybridized carbons (Fsp3) is 0.182. The Kier molecular flexibility index (Phi) is 8.75. The number of benzene rings is 4. The molecule has 0 spiro atoms. The summed E-state index contributed by atoms with van der Waals surface area (Å²) in [5.41, 5.74) is 2.87. The zero-order chi connectivity index (χ0) is 30.4. The minimum Gasteiger partial charge on any atom is -0.447 e. The quantitative estimate of drug-likeness (QED) is 0.236. The lowest BCUT2D eigenvalue weighted by Crippen LogP contribution is -2.34. The van der Waals surface area contributed by atoms with Crippen LogP contribution < -0.4 is 10.6 Å². The number of ether oxygens (including phenoxy) is 1. The molecule has 1 aliphatic heterocycles. The molecule has 0 bridgehead atoms. The molecule has 4 aromatic rings. The topological polar surface area (TPSA) is 87.7 Å². The Hall–Kier alpha value is -5.12. The molecule has 0 saturated carbocycles. The molecular formula is C33H28F3N3O4. The van der Waals surface area contributed by atoms with Crippen LogP contribution in [0.3, 0.4) is 0 Å². The second-order valence-corrected chi connectivity index (χ2v) is 10.2. The predicted molar refractivity (Wildman–Crippen MR) is 154 cm³/mol. The highest BCUT2D eigenvalue weighted by atomic mass is 19.4. The van der Waals surface area contributed by atoms with E-state index in [1.165, 1.54) is 12.1 Å². The number of hydrogen-bond donors (Lipinski definition) is 2. The number of nitrogens with zero attached hydrogens (tertiary/aromatic N) is 1. The van der Waals surface area contributed by atoms with Crippen LogP contribution in [0.2, 0.25) is 0 Å². The average molecular weight is 588 g/mol. The molecule has 10 heteroatoms. The molecule has 2 N–H and O–H groups in total. The van der Waals surface area contributed by atoms with Crippen molar-refractivity contribution in [2.24, 2.45) is 0 Å². The third-order valence-electron chi connectivity index (χ3n) is 7.07. The van der Waals surface area contributed by atoms with Crippen molar-refractivity contribution in [3.63, 3.8) is 0 Å². The molecule has 0 unspecified atom stereocenters. The number of carbonyl (C=O) groups is 3. The lowest BCUT2D eigenvalue weighted by atomic mass is 10.0. The summed E-state index contributed by atoms with van der Waals surface area (Å²) in [5.74, 6) is -0.761. The summed E-state index contributed by atoms with van der Waals surface area (Å²) >= 11 is 0.